The number of aromatic nitrogens is 1. The largest absolute Gasteiger partial charge is 0.473 e. The van der Waals surface area contributed by atoms with E-state index >= 15 is 0 Å². The lowest BCUT2D eigenvalue weighted by molar-refractivity contribution is 0.292. The second kappa shape index (κ2) is 7.51. The van der Waals surface area contributed by atoms with Gasteiger partial charge in [-0.3, -0.25) is 0 Å². The van der Waals surface area contributed by atoms with Gasteiger partial charge >= 0.3 is 0 Å². The zero-order chi connectivity index (χ0) is 14.4. The molecule has 2 rings (SSSR count). The molecule has 1 heterocycles. The predicted molar refractivity (Wildman–Crippen MR) is 83.6 cm³/mol. The molecule has 1 aromatic heterocycles. The molecule has 4 heteroatoms. The van der Waals surface area contributed by atoms with Crippen LogP contribution in [-0.4, -0.2) is 4.98 Å². The van der Waals surface area contributed by atoms with Crippen molar-refractivity contribution in [1.82, 2.24) is 4.98 Å². The van der Waals surface area contributed by atoms with Crippen LogP contribution in [0.4, 0.5) is 0 Å². The second-order valence-electron chi connectivity index (χ2n) is 4.60. The summed E-state index contributed by atoms with van der Waals surface area (Å²) in [6, 6.07) is 11.5. The van der Waals surface area contributed by atoms with Gasteiger partial charge in [0, 0.05) is 22.7 Å². The number of ether oxygens (including phenoxy) is 1. The van der Waals surface area contributed by atoms with E-state index in [0.717, 1.165) is 34.7 Å². The van der Waals surface area contributed by atoms with E-state index in [4.69, 9.17) is 27.9 Å². The van der Waals surface area contributed by atoms with E-state index in [2.05, 4.69) is 11.9 Å². The van der Waals surface area contributed by atoms with Crippen LogP contribution in [0.2, 0.25) is 5.02 Å². The number of benzene rings is 1. The van der Waals surface area contributed by atoms with Gasteiger partial charge in [-0.15, -0.1) is 11.6 Å². The highest BCUT2D eigenvalue weighted by atomic mass is 35.5. The molecule has 0 aliphatic heterocycles. The summed E-state index contributed by atoms with van der Waals surface area (Å²) in [5.74, 6) is 1.10. The van der Waals surface area contributed by atoms with Crippen LogP contribution >= 0.6 is 23.2 Å². The molecule has 2 nitrogen and oxygen atoms in total. The number of aryl methyl sites for hydroxylation is 1. The van der Waals surface area contributed by atoms with Gasteiger partial charge in [0.05, 0.1) is 0 Å². The average Bonchev–Trinajstić information content (AvgIpc) is 2.47. The summed E-state index contributed by atoms with van der Waals surface area (Å²) >= 11 is 11.8. The van der Waals surface area contributed by atoms with E-state index in [1.165, 1.54) is 0 Å². The lowest BCUT2D eigenvalue weighted by Crippen LogP contribution is -2.00. The number of pyridine rings is 1. The summed E-state index contributed by atoms with van der Waals surface area (Å²) in [6.45, 7) is 2.60. The molecular weight excluding hydrogens is 293 g/mol. The van der Waals surface area contributed by atoms with Gasteiger partial charge in [-0.05, 0) is 35.7 Å². The molecule has 106 valence electrons. The van der Waals surface area contributed by atoms with Crippen LogP contribution in [0.5, 0.6) is 5.88 Å². The minimum Gasteiger partial charge on any atom is -0.473 e. The van der Waals surface area contributed by atoms with E-state index < -0.39 is 0 Å². The Balaban J connectivity index is 2.07. The van der Waals surface area contributed by atoms with Crippen LogP contribution < -0.4 is 4.74 Å². The molecule has 0 saturated heterocycles. The summed E-state index contributed by atoms with van der Waals surface area (Å²) in [7, 11) is 0. The summed E-state index contributed by atoms with van der Waals surface area (Å²) < 4.78 is 5.75. The molecule has 1 aromatic carbocycles. The van der Waals surface area contributed by atoms with Crippen molar-refractivity contribution in [2.45, 2.75) is 32.3 Å². The van der Waals surface area contributed by atoms with Gasteiger partial charge in [0.1, 0.15) is 6.61 Å². The number of rotatable bonds is 6. The zero-order valence-corrected chi connectivity index (χ0v) is 12.9. The fourth-order valence-electron chi connectivity index (χ4n) is 1.89. The molecule has 2 aromatic rings. The van der Waals surface area contributed by atoms with Crippen LogP contribution in [0.3, 0.4) is 0 Å². The van der Waals surface area contributed by atoms with Gasteiger partial charge in [0.15, 0.2) is 0 Å². The van der Waals surface area contributed by atoms with Crippen LogP contribution in [0, 0.1) is 0 Å². The summed E-state index contributed by atoms with van der Waals surface area (Å²) in [5, 5.41) is 0.723. The van der Waals surface area contributed by atoms with Gasteiger partial charge in [-0.25, -0.2) is 4.98 Å². The van der Waals surface area contributed by atoms with Crippen molar-refractivity contribution in [3.05, 3.63) is 58.2 Å². The second-order valence-corrected chi connectivity index (χ2v) is 5.31. The molecule has 0 bridgehead atoms. The smallest absolute Gasteiger partial charge is 0.214 e. The Bertz CT molecular complexity index is 555. The first-order chi connectivity index (χ1) is 9.71. The third kappa shape index (κ3) is 4.39. The Kier molecular flexibility index (Phi) is 5.69. The summed E-state index contributed by atoms with van der Waals surface area (Å²) in [4.78, 5) is 4.50. The van der Waals surface area contributed by atoms with Gasteiger partial charge in [-0.2, -0.15) is 0 Å². The minimum atomic E-state index is 0.469. The maximum absolute atomic E-state index is 5.91. The normalized spacial score (nSPS) is 10.6. The minimum absolute atomic E-state index is 0.469. The number of nitrogens with zero attached hydrogens (tertiary/aromatic N) is 1. The van der Waals surface area contributed by atoms with E-state index in [1.54, 1.807) is 0 Å². The maximum atomic E-state index is 5.91. The fourth-order valence-corrected chi connectivity index (χ4v) is 2.17. The van der Waals surface area contributed by atoms with E-state index in [9.17, 15) is 0 Å². The predicted octanol–water partition coefficient (Wildman–Crippen LogP) is 5.01. The molecule has 0 radical (unpaired) electrons. The number of hydrogen-bond donors (Lipinski definition) is 0. The lowest BCUT2D eigenvalue weighted by Gasteiger charge is -2.09. The molecule has 0 aliphatic rings. The van der Waals surface area contributed by atoms with Gasteiger partial charge in [-0.1, -0.05) is 37.1 Å². The molecule has 0 spiro atoms. The third-order valence-electron chi connectivity index (χ3n) is 2.88. The molecule has 0 aliphatic carbocycles. The van der Waals surface area contributed by atoms with E-state index in [1.807, 2.05) is 36.4 Å². The van der Waals surface area contributed by atoms with E-state index in [-0.39, 0.29) is 0 Å². The van der Waals surface area contributed by atoms with Crippen molar-refractivity contribution in [2.75, 3.05) is 0 Å². The topological polar surface area (TPSA) is 22.1 Å². The van der Waals surface area contributed by atoms with Crippen molar-refractivity contribution >= 4 is 23.2 Å². The van der Waals surface area contributed by atoms with Crippen LogP contribution in [0.25, 0.3) is 0 Å². The van der Waals surface area contributed by atoms with E-state index in [0.29, 0.717) is 18.4 Å². The summed E-state index contributed by atoms with van der Waals surface area (Å²) in [6.07, 6.45) is 1.98. The molecule has 0 unspecified atom stereocenters. The Morgan fingerprint density at radius 1 is 1.10 bits per heavy atom. The molecule has 20 heavy (non-hydrogen) atoms. The number of hydrogen-bond acceptors (Lipinski definition) is 2. The monoisotopic (exact) mass is 309 g/mol. The van der Waals surface area contributed by atoms with Crippen molar-refractivity contribution in [3.63, 3.8) is 0 Å². The number of alkyl halides is 1. The Morgan fingerprint density at radius 3 is 2.50 bits per heavy atom. The third-order valence-corrected chi connectivity index (χ3v) is 3.44. The van der Waals surface area contributed by atoms with Crippen LogP contribution in [0.1, 0.15) is 30.2 Å². The van der Waals surface area contributed by atoms with Crippen LogP contribution in [0.15, 0.2) is 36.4 Å². The zero-order valence-electron chi connectivity index (χ0n) is 11.4. The quantitative estimate of drug-likeness (QED) is 0.700. The molecule has 0 saturated carbocycles. The molecular formula is C16H17Cl2NO. The van der Waals surface area contributed by atoms with Crippen LogP contribution in [-0.2, 0) is 18.9 Å². The van der Waals surface area contributed by atoms with Crippen molar-refractivity contribution in [2.24, 2.45) is 0 Å². The maximum Gasteiger partial charge on any atom is 0.214 e. The number of halogens is 2. The van der Waals surface area contributed by atoms with Crippen molar-refractivity contribution < 1.29 is 4.74 Å². The highest BCUT2D eigenvalue weighted by molar-refractivity contribution is 6.30. The average molecular weight is 310 g/mol. The Hall–Kier alpha value is -1.25. The highest BCUT2D eigenvalue weighted by Gasteiger charge is 2.04. The highest BCUT2D eigenvalue weighted by Crippen LogP contribution is 2.18. The summed E-state index contributed by atoms with van der Waals surface area (Å²) in [5.41, 5.74) is 3.12. The van der Waals surface area contributed by atoms with Gasteiger partial charge in [0.25, 0.3) is 0 Å². The van der Waals surface area contributed by atoms with Gasteiger partial charge in [0.2, 0.25) is 5.88 Å². The molecule has 0 N–H and O–H groups in total. The first kappa shape index (κ1) is 15.1. The molecule has 0 atom stereocenters. The molecule has 0 fully saturated rings. The fraction of sp³-hybridized carbons (Fsp3) is 0.312. The standard InChI is InChI=1S/C16H17Cl2NO/c1-2-3-15-8-13(10-17)9-16(19-15)20-11-12-4-6-14(18)7-5-12/h4-9H,2-3,10-11H2,1H3. The first-order valence-corrected chi connectivity index (χ1v) is 7.55. The van der Waals surface area contributed by atoms with Crippen molar-refractivity contribution in [3.8, 4) is 5.88 Å². The van der Waals surface area contributed by atoms with Crippen molar-refractivity contribution in [1.29, 1.82) is 0 Å². The Labute approximate surface area is 129 Å². The van der Waals surface area contributed by atoms with Gasteiger partial charge < -0.3 is 4.74 Å². The SMILES string of the molecule is CCCc1cc(CCl)cc(OCc2ccc(Cl)cc2)n1. The lowest BCUT2D eigenvalue weighted by atomic mass is 10.2. The Morgan fingerprint density at radius 2 is 1.85 bits per heavy atom. The molecule has 0 amide bonds. The first-order valence-electron chi connectivity index (χ1n) is 6.64.